The molecule has 0 radical (unpaired) electrons. The van der Waals surface area contributed by atoms with Crippen molar-refractivity contribution in [2.24, 2.45) is 0 Å². The molecular weight excluding hydrogens is 351 g/mol. The number of halogens is 3. The van der Waals surface area contributed by atoms with Crippen LogP contribution in [-0.2, 0) is 9.53 Å². The van der Waals surface area contributed by atoms with Gasteiger partial charge in [0.2, 0.25) is 0 Å². The Morgan fingerprint density at radius 3 is 2.23 bits per heavy atom. The number of ether oxygens (including phenoxy) is 1. The number of nitrogens with zero attached hydrogens (tertiary/aromatic N) is 1. The number of hydrogen-bond donors (Lipinski definition) is 2. The van der Waals surface area contributed by atoms with Gasteiger partial charge in [0.1, 0.15) is 5.82 Å². The molecule has 0 aliphatic rings. The molecule has 2 N–H and O–H groups in total. The molecule has 138 valence electrons. The van der Waals surface area contributed by atoms with Crippen molar-refractivity contribution in [1.29, 1.82) is 0 Å². The van der Waals surface area contributed by atoms with Gasteiger partial charge in [-0.15, -0.1) is 0 Å². The van der Waals surface area contributed by atoms with Crippen molar-refractivity contribution in [2.45, 2.75) is 18.8 Å². The second kappa shape index (κ2) is 7.42. The van der Waals surface area contributed by atoms with Crippen LogP contribution in [0.3, 0.4) is 0 Å². The molecule has 6 nitrogen and oxygen atoms in total. The number of rotatable bonds is 5. The number of benzene rings is 1. The zero-order chi connectivity index (χ0) is 19.4. The summed E-state index contributed by atoms with van der Waals surface area (Å²) < 4.78 is 45.8. The monoisotopic (exact) mass is 367 g/mol. The first-order chi connectivity index (χ1) is 12.2. The van der Waals surface area contributed by atoms with E-state index in [1.807, 2.05) is 5.32 Å². The van der Waals surface area contributed by atoms with Crippen LogP contribution in [0, 0.1) is 6.92 Å². The lowest BCUT2D eigenvalue weighted by atomic mass is 10.1. The van der Waals surface area contributed by atoms with Gasteiger partial charge in [0.25, 0.3) is 5.91 Å². The number of aryl methyl sites for hydroxylation is 1. The van der Waals surface area contributed by atoms with Crippen molar-refractivity contribution in [1.82, 2.24) is 10.3 Å². The van der Waals surface area contributed by atoms with Gasteiger partial charge in [-0.1, -0.05) is 23.8 Å². The summed E-state index contributed by atoms with van der Waals surface area (Å²) in [5.74, 6) is -3.09. The molecule has 1 aromatic carbocycles. The first-order valence-corrected chi connectivity index (χ1v) is 7.43. The van der Waals surface area contributed by atoms with Crippen molar-refractivity contribution < 1.29 is 27.5 Å². The molecule has 0 fully saturated rings. The summed E-state index contributed by atoms with van der Waals surface area (Å²) in [7, 11) is 0.793. The topological polar surface area (TPSA) is 80.3 Å². The fraction of sp³-hybridized carbons (Fsp3) is 0.235. The Hall–Kier alpha value is -3.10. The Balaban J connectivity index is 2.46. The van der Waals surface area contributed by atoms with E-state index in [0.29, 0.717) is 0 Å². The average Bonchev–Trinajstić information content (AvgIpc) is 2.60. The Kier molecular flexibility index (Phi) is 5.49. The lowest BCUT2D eigenvalue weighted by Gasteiger charge is -2.34. The summed E-state index contributed by atoms with van der Waals surface area (Å²) in [6, 6.07) is 9.97. The van der Waals surface area contributed by atoms with E-state index in [4.69, 9.17) is 0 Å². The van der Waals surface area contributed by atoms with E-state index < -0.39 is 23.7 Å². The maximum atomic E-state index is 13.8. The van der Waals surface area contributed by atoms with E-state index in [0.717, 1.165) is 12.7 Å². The van der Waals surface area contributed by atoms with Crippen molar-refractivity contribution in [3.63, 3.8) is 0 Å². The van der Waals surface area contributed by atoms with Gasteiger partial charge >= 0.3 is 17.8 Å². The highest BCUT2D eigenvalue weighted by atomic mass is 19.4. The van der Waals surface area contributed by atoms with Crippen molar-refractivity contribution in [3.05, 3.63) is 59.8 Å². The number of aromatic nitrogens is 1. The number of hydrogen-bond acceptors (Lipinski definition) is 5. The molecule has 0 aliphatic heterocycles. The summed E-state index contributed by atoms with van der Waals surface area (Å²) in [6.07, 6.45) is -3.97. The highest BCUT2D eigenvalue weighted by Crippen LogP contribution is 2.32. The molecule has 1 aromatic heterocycles. The molecule has 0 spiro atoms. The number of methoxy groups -OCH3 is 1. The Morgan fingerprint density at radius 1 is 1.08 bits per heavy atom. The summed E-state index contributed by atoms with van der Waals surface area (Å²) in [6.45, 7) is 1.76. The van der Waals surface area contributed by atoms with Crippen molar-refractivity contribution in [2.75, 3.05) is 12.4 Å². The highest BCUT2D eigenvalue weighted by Gasteiger charge is 2.63. The van der Waals surface area contributed by atoms with E-state index in [1.165, 1.54) is 36.5 Å². The third-order valence-electron chi connectivity index (χ3n) is 3.51. The van der Waals surface area contributed by atoms with E-state index in [1.54, 1.807) is 24.4 Å². The van der Waals surface area contributed by atoms with Crippen LogP contribution in [0.15, 0.2) is 48.7 Å². The second-order valence-electron chi connectivity index (χ2n) is 5.40. The predicted molar refractivity (Wildman–Crippen MR) is 87.3 cm³/mol. The Labute approximate surface area is 147 Å². The van der Waals surface area contributed by atoms with Gasteiger partial charge in [-0.2, -0.15) is 13.2 Å². The van der Waals surface area contributed by atoms with Crippen molar-refractivity contribution in [3.8, 4) is 0 Å². The van der Waals surface area contributed by atoms with Crippen LogP contribution in [0.1, 0.15) is 15.9 Å². The van der Waals surface area contributed by atoms with Crippen LogP contribution >= 0.6 is 0 Å². The number of carbonyl (C=O) groups excluding carboxylic acids is 2. The molecule has 9 heteroatoms. The van der Waals surface area contributed by atoms with Crippen molar-refractivity contribution >= 4 is 17.7 Å². The Bertz CT molecular complexity index is 779. The van der Waals surface area contributed by atoms with Gasteiger partial charge in [0, 0.05) is 11.8 Å². The summed E-state index contributed by atoms with van der Waals surface area (Å²) in [4.78, 5) is 28.1. The van der Waals surface area contributed by atoms with Gasteiger partial charge in [-0.05, 0) is 31.2 Å². The molecule has 1 amide bonds. The molecule has 0 aliphatic carbocycles. The third kappa shape index (κ3) is 3.93. The molecule has 0 saturated heterocycles. The number of alkyl halides is 3. The van der Waals surface area contributed by atoms with Gasteiger partial charge in [-0.25, -0.2) is 9.78 Å². The zero-order valence-corrected chi connectivity index (χ0v) is 13.9. The minimum absolute atomic E-state index is 0.0454. The van der Waals surface area contributed by atoms with Crippen LogP contribution < -0.4 is 10.6 Å². The number of esters is 1. The molecule has 26 heavy (non-hydrogen) atoms. The van der Waals surface area contributed by atoms with Gasteiger partial charge in [-0.3, -0.25) is 4.79 Å². The number of amides is 1. The minimum Gasteiger partial charge on any atom is -0.466 e. The smallest absolute Gasteiger partial charge is 0.441 e. The number of nitrogens with one attached hydrogen (secondary N) is 2. The largest absolute Gasteiger partial charge is 0.466 e. The molecule has 0 saturated carbocycles. The lowest BCUT2D eigenvalue weighted by molar-refractivity contribution is -0.203. The molecule has 1 heterocycles. The molecule has 1 atom stereocenters. The summed E-state index contributed by atoms with van der Waals surface area (Å²) in [5.41, 5.74) is -2.72. The third-order valence-corrected chi connectivity index (χ3v) is 3.51. The molecule has 2 aromatic rings. The Morgan fingerprint density at radius 2 is 1.73 bits per heavy atom. The molecule has 2 rings (SSSR count). The maximum absolute atomic E-state index is 13.8. The van der Waals surface area contributed by atoms with E-state index >= 15 is 0 Å². The highest BCUT2D eigenvalue weighted by molar-refractivity contribution is 5.99. The summed E-state index contributed by atoms with van der Waals surface area (Å²) >= 11 is 0. The maximum Gasteiger partial charge on any atom is 0.441 e. The zero-order valence-electron chi connectivity index (χ0n) is 13.9. The van der Waals surface area contributed by atoms with E-state index in [-0.39, 0.29) is 11.4 Å². The fourth-order valence-corrected chi connectivity index (χ4v) is 2.12. The first kappa shape index (κ1) is 19.2. The molecule has 0 unspecified atom stereocenters. The van der Waals surface area contributed by atoms with Crippen LogP contribution in [0.25, 0.3) is 0 Å². The predicted octanol–water partition coefficient (Wildman–Crippen LogP) is 2.66. The van der Waals surface area contributed by atoms with Crippen LogP contribution in [0.5, 0.6) is 0 Å². The normalized spacial score (nSPS) is 13.4. The summed E-state index contributed by atoms with van der Waals surface area (Å²) in [5, 5.41) is 3.67. The van der Waals surface area contributed by atoms with Gasteiger partial charge < -0.3 is 15.4 Å². The van der Waals surface area contributed by atoms with Crippen LogP contribution in [-0.4, -0.2) is 35.8 Å². The second-order valence-corrected chi connectivity index (χ2v) is 5.40. The van der Waals surface area contributed by atoms with Crippen LogP contribution in [0.2, 0.25) is 0 Å². The molecule has 0 bridgehead atoms. The SMILES string of the molecule is COC(=O)[C@](NC(=O)c1ccc(C)cc1)(Nc1ccccn1)C(F)(F)F. The fourth-order valence-electron chi connectivity index (χ4n) is 2.12. The van der Waals surface area contributed by atoms with Crippen LogP contribution in [0.4, 0.5) is 19.0 Å². The van der Waals surface area contributed by atoms with Gasteiger partial charge in [0.05, 0.1) is 7.11 Å². The quantitative estimate of drug-likeness (QED) is 0.627. The lowest BCUT2D eigenvalue weighted by Crippen LogP contribution is -2.69. The first-order valence-electron chi connectivity index (χ1n) is 7.43. The minimum atomic E-state index is -5.21. The molecular formula is C17H16F3N3O3. The number of anilines is 1. The van der Waals surface area contributed by atoms with Gasteiger partial charge in [0.15, 0.2) is 0 Å². The average molecular weight is 367 g/mol. The number of carbonyl (C=O) groups is 2. The standard InChI is InChI=1S/C17H16F3N3O3/c1-11-6-8-12(9-7-11)14(24)23-16(15(25)26-2,17(18,19)20)22-13-5-3-4-10-21-13/h3-10H,1-2H3,(H,21,22)(H,23,24)/t16-/m1/s1. The van der Waals surface area contributed by atoms with E-state index in [2.05, 4.69) is 9.72 Å². The number of pyridine rings is 1. The van der Waals surface area contributed by atoms with E-state index in [9.17, 15) is 22.8 Å².